The maximum Gasteiger partial charge on any atom is 0.189 e. The molecule has 2 aliphatic carbocycles. The molecule has 2 fully saturated rings. The summed E-state index contributed by atoms with van der Waals surface area (Å²) in [6.45, 7) is 2.34. The smallest absolute Gasteiger partial charge is 0.189 e. The van der Waals surface area contributed by atoms with Gasteiger partial charge in [-0.15, -0.1) is 0 Å². The zero-order valence-corrected chi connectivity index (χ0v) is 12.3. The lowest BCUT2D eigenvalue weighted by atomic mass is 9.63. The molecule has 0 amide bonds. The zero-order valence-electron chi connectivity index (χ0n) is 12.3. The average molecular weight is 271 g/mol. The molecule has 3 rings (SSSR count). The highest BCUT2D eigenvalue weighted by atomic mass is 15.1. The van der Waals surface area contributed by atoms with Crippen molar-refractivity contribution in [1.82, 2.24) is 5.32 Å². The molecular weight excluding hydrogens is 246 g/mol. The fourth-order valence-corrected chi connectivity index (χ4v) is 3.68. The van der Waals surface area contributed by atoms with Gasteiger partial charge in [0.15, 0.2) is 5.96 Å². The number of nitrogens with one attached hydrogen (secondary N) is 1. The predicted molar refractivity (Wildman–Crippen MR) is 83.8 cm³/mol. The Labute approximate surface area is 121 Å². The summed E-state index contributed by atoms with van der Waals surface area (Å²) in [6, 6.07) is 11.7. The van der Waals surface area contributed by atoms with Crippen molar-refractivity contribution in [3.8, 4) is 0 Å². The van der Waals surface area contributed by atoms with Crippen LogP contribution in [0.1, 0.15) is 51.0 Å². The third kappa shape index (κ3) is 2.82. The van der Waals surface area contributed by atoms with Crippen LogP contribution in [0.15, 0.2) is 35.3 Å². The van der Waals surface area contributed by atoms with Gasteiger partial charge in [-0.25, -0.2) is 0 Å². The van der Waals surface area contributed by atoms with E-state index in [1.54, 1.807) is 0 Å². The van der Waals surface area contributed by atoms with Crippen LogP contribution < -0.4 is 11.1 Å². The van der Waals surface area contributed by atoms with Gasteiger partial charge in [-0.1, -0.05) is 50.1 Å². The van der Waals surface area contributed by atoms with Crippen molar-refractivity contribution in [2.24, 2.45) is 10.7 Å². The van der Waals surface area contributed by atoms with Gasteiger partial charge in [-0.3, -0.25) is 4.99 Å². The summed E-state index contributed by atoms with van der Waals surface area (Å²) in [5, 5.41) is 3.40. The summed E-state index contributed by atoms with van der Waals surface area (Å²) in [4.78, 5) is 4.60. The first-order chi connectivity index (χ1) is 9.66. The van der Waals surface area contributed by atoms with E-state index in [0.29, 0.717) is 23.5 Å². The molecular formula is C17H25N3. The third-order valence-corrected chi connectivity index (χ3v) is 4.86. The van der Waals surface area contributed by atoms with Crippen molar-refractivity contribution in [3.05, 3.63) is 35.9 Å². The number of nitrogens with zero attached hydrogens (tertiary/aromatic N) is 1. The van der Waals surface area contributed by atoms with E-state index in [0.717, 1.165) is 12.8 Å². The highest BCUT2D eigenvalue weighted by Gasteiger charge is 2.41. The molecule has 0 bridgehead atoms. The Morgan fingerprint density at radius 1 is 1.20 bits per heavy atom. The lowest BCUT2D eigenvalue weighted by Gasteiger charge is -2.46. The number of aliphatic imine (C=N–C) groups is 1. The van der Waals surface area contributed by atoms with E-state index in [2.05, 4.69) is 47.6 Å². The van der Waals surface area contributed by atoms with Gasteiger partial charge in [-0.05, 0) is 36.7 Å². The standard InChI is InChI=1S/C17H25N3/c1-17(13-7-3-2-4-8-13)11-15(12-17)20-16(18)19-14-9-5-6-10-14/h2-4,7-8,14-15H,5-6,9-12H2,1H3,(H3,18,19,20). The van der Waals surface area contributed by atoms with Gasteiger partial charge in [0.1, 0.15) is 0 Å². The van der Waals surface area contributed by atoms with Crippen molar-refractivity contribution < 1.29 is 0 Å². The molecule has 20 heavy (non-hydrogen) atoms. The SMILES string of the molecule is CC1(c2ccccc2)CC(NC(N)=NC2CCCC2)C1. The van der Waals surface area contributed by atoms with E-state index in [-0.39, 0.29) is 0 Å². The highest BCUT2D eigenvalue weighted by Crippen LogP contribution is 2.43. The molecule has 0 heterocycles. The van der Waals surface area contributed by atoms with Crippen molar-refractivity contribution in [1.29, 1.82) is 0 Å². The number of rotatable bonds is 3. The second-order valence-corrected chi connectivity index (χ2v) is 6.63. The first-order valence-electron chi connectivity index (χ1n) is 7.81. The summed E-state index contributed by atoms with van der Waals surface area (Å²) in [6.07, 6.45) is 7.28. The first kappa shape index (κ1) is 13.5. The van der Waals surface area contributed by atoms with Gasteiger partial charge in [0.2, 0.25) is 0 Å². The molecule has 2 saturated carbocycles. The van der Waals surface area contributed by atoms with E-state index in [1.165, 1.54) is 31.2 Å². The third-order valence-electron chi connectivity index (χ3n) is 4.86. The monoisotopic (exact) mass is 271 g/mol. The van der Waals surface area contributed by atoms with Crippen LogP contribution in [0.2, 0.25) is 0 Å². The molecule has 0 unspecified atom stereocenters. The van der Waals surface area contributed by atoms with Gasteiger partial charge in [-0.2, -0.15) is 0 Å². The molecule has 3 N–H and O–H groups in total. The second-order valence-electron chi connectivity index (χ2n) is 6.63. The molecule has 2 aliphatic rings. The largest absolute Gasteiger partial charge is 0.370 e. The quantitative estimate of drug-likeness (QED) is 0.656. The van der Waals surface area contributed by atoms with Gasteiger partial charge >= 0.3 is 0 Å². The topological polar surface area (TPSA) is 50.4 Å². The number of nitrogens with two attached hydrogens (primary N) is 1. The Bertz CT molecular complexity index is 468. The molecule has 0 aromatic heterocycles. The average Bonchev–Trinajstić information content (AvgIpc) is 2.90. The Hall–Kier alpha value is -1.51. The molecule has 3 heteroatoms. The lowest BCUT2D eigenvalue weighted by molar-refractivity contribution is 0.209. The van der Waals surface area contributed by atoms with Crippen LogP contribution in [0.5, 0.6) is 0 Å². The van der Waals surface area contributed by atoms with E-state index in [9.17, 15) is 0 Å². The van der Waals surface area contributed by atoms with Crippen molar-refractivity contribution in [2.75, 3.05) is 0 Å². The first-order valence-corrected chi connectivity index (χ1v) is 7.81. The van der Waals surface area contributed by atoms with Gasteiger partial charge in [0.25, 0.3) is 0 Å². The van der Waals surface area contributed by atoms with Crippen molar-refractivity contribution in [2.45, 2.75) is 62.9 Å². The minimum absolute atomic E-state index is 0.298. The van der Waals surface area contributed by atoms with Crippen LogP contribution in [0, 0.1) is 0 Å². The molecule has 0 atom stereocenters. The van der Waals surface area contributed by atoms with E-state index in [1.807, 2.05) is 0 Å². The number of hydrogen-bond acceptors (Lipinski definition) is 1. The Kier molecular flexibility index (Phi) is 3.68. The molecule has 0 saturated heterocycles. The number of hydrogen-bond donors (Lipinski definition) is 2. The van der Waals surface area contributed by atoms with Crippen LogP contribution in [-0.2, 0) is 5.41 Å². The van der Waals surface area contributed by atoms with Gasteiger partial charge < -0.3 is 11.1 Å². The van der Waals surface area contributed by atoms with Crippen molar-refractivity contribution in [3.63, 3.8) is 0 Å². The second kappa shape index (κ2) is 5.47. The van der Waals surface area contributed by atoms with Gasteiger partial charge in [0, 0.05) is 6.04 Å². The molecule has 0 aliphatic heterocycles. The Balaban J connectivity index is 1.53. The van der Waals surface area contributed by atoms with Crippen molar-refractivity contribution >= 4 is 5.96 Å². The summed E-state index contributed by atoms with van der Waals surface area (Å²) in [5.41, 5.74) is 7.76. The summed E-state index contributed by atoms with van der Waals surface area (Å²) >= 11 is 0. The molecule has 1 aromatic carbocycles. The fourth-order valence-electron chi connectivity index (χ4n) is 3.68. The number of benzene rings is 1. The van der Waals surface area contributed by atoms with Crippen LogP contribution in [0.4, 0.5) is 0 Å². The van der Waals surface area contributed by atoms with Crippen LogP contribution in [0.3, 0.4) is 0 Å². The maximum absolute atomic E-state index is 6.03. The molecule has 0 radical (unpaired) electrons. The minimum atomic E-state index is 0.298. The molecule has 1 aromatic rings. The van der Waals surface area contributed by atoms with E-state index < -0.39 is 0 Å². The van der Waals surface area contributed by atoms with Gasteiger partial charge in [0.05, 0.1) is 6.04 Å². The predicted octanol–water partition coefficient (Wildman–Crippen LogP) is 2.95. The van der Waals surface area contributed by atoms with E-state index in [4.69, 9.17) is 5.73 Å². The zero-order chi connectivity index (χ0) is 14.0. The molecule has 0 spiro atoms. The maximum atomic E-state index is 6.03. The summed E-state index contributed by atoms with van der Waals surface area (Å²) in [7, 11) is 0. The Morgan fingerprint density at radius 3 is 2.50 bits per heavy atom. The summed E-state index contributed by atoms with van der Waals surface area (Å²) < 4.78 is 0. The number of guanidine groups is 1. The van der Waals surface area contributed by atoms with Crippen LogP contribution in [-0.4, -0.2) is 18.0 Å². The van der Waals surface area contributed by atoms with Crippen LogP contribution in [0.25, 0.3) is 0 Å². The normalized spacial score (nSPS) is 31.1. The minimum Gasteiger partial charge on any atom is -0.370 e. The summed E-state index contributed by atoms with van der Waals surface area (Å²) in [5.74, 6) is 0.650. The molecule has 108 valence electrons. The molecule has 3 nitrogen and oxygen atoms in total. The lowest BCUT2D eigenvalue weighted by Crippen LogP contribution is -2.53. The highest BCUT2D eigenvalue weighted by molar-refractivity contribution is 5.78. The Morgan fingerprint density at radius 2 is 1.85 bits per heavy atom. The van der Waals surface area contributed by atoms with E-state index >= 15 is 0 Å². The van der Waals surface area contributed by atoms with Crippen LogP contribution >= 0.6 is 0 Å². The fraction of sp³-hybridized carbons (Fsp3) is 0.588.